The Labute approximate surface area is 137 Å². The van der Waals surface area contributed by atoms with Crippen LogP contribution >= 0.6 is 11.3 Å². The van der Waals surface area contributed by atoms with Crippen molar-refractivity contribution in [2.75, 3.05) is 6.54 Å². The smallest absolute Gasteiger partial charge is 0.121 e. The second-order valence-electron chi connectivity index (χ2n) is 5.46. The van der Waals surface area contributed by atoms with Crippen molar-refractivity contribution >= 4 is 11.3 Å². The second kappa shape index (κ2) is 6.19. The molecule has 0 bridgehead atoms. The summed E-state index contributed by atoms with van der Waals surface area (Å²) in [6.45, 7) is 2.75. The first-order valence-corrected chi connectivity index (χ1v) is 8.29. The summed E-state index contributed by atoms with van der Waals surface area (Å²) in [5, 5.41) is 19.2. The number of fused-ring (bicyclic) bond motifs is 1. The van der Waals surface area contributed by atoms with Crippen LogP contribution in [-0.2, 0) is 31.5 Å². The maximum atomic E-state index is 5.94. The van der Waals surface area contributed by atoms with Gasteiger partial charge in [-0.15, -0.1) is 16.4 Å². The molecule has 0 amide bonds. The van der Waals surface area contributed by atoms with Gasteiger partial charge in [0.1, 0.15) is 10.7 Å². The second-order valence-corrected chi connectivity index (χ2v) is 6.44. The normalized spacial score (nSPS) is 17.3. The van der Waals surface area contributed by atoms with E-state index in [0.717, 1.165) is 35.0 Å². The molecule has 23 heavy (non-hydrogen) atoms. The number of aryl methyl sites for hydroxylation is 1. The maximum absolute atomic E-state index is 5.94. The summed E-state index contributed by atoms with van der Waals surface area (Å²) in [7, 11) is 1.89. The van der Waals surface area contributed by atoms with E-state index in [1.165, 1.54) is 0 Å². The molecule has 4 rings (SSSR count). The van der Waals surface area contributed by atoms with Gasteiger partial charge in [0.2, 0.25) is 0 Å². The molecule has 0 saturated carbocycles. The zero-order valence-electron chi connectivity index (χ0n) is 12.7. The molecule has 0 saturated heterocycles. The third-order valence-electron chi connectivity index (χ3n) is 3.78. The number of hydrogen-bond acceptors (Lipinski definition) is 7. The molecule has 8 nitrogen and oxygen atoms in total. The van der Waals surface area contributed by atoms with Crippen LogP contribution in [0.4, 0.5) is 0 Å². The Balaban J connectivity index is 1.39. The molecular formula is C14H17N7OS. The number of rotatable bonds is 5. The summed E-state index contributed by atoms with van der Waals surface area (Å²) in [5.74, 6) is 0. The largest absolute Gasteiger partial charge is 0.369 e. The fourth-order valence-electron chi connectivity index (χ4n) is 2.64. The summed E-state index contributed by atoms with van der Waals surface area (Å²) < 4.78 is 9.64. The van der Waals surface area contributed by atoms with Gasteiger partial charge in [0, 0.05) is 43.5 Å². The fourth-order valence-corrected chi connectivity index (χ4v) is 3.22. The highest BCUT2D eigenvalue weighted by Gasteiger charge is 2.24. The fraction of sp³-hybridized carbons (Fsp3) is 0.429. The van der Waals surface area contributed by atoms with Crippen LogP contribution in [0, 0.1) is 0 Å². The number of thiazole rings is 1. The van der Waals surface area contributed by atoms with Gasteiger partial charge in [-0.05, 0) is 0 Å². The van der Waals surface area contributed by atoms with Gasteiger partial charge >= 0.3 is 0 Å². The Hall–Kier alpha value is -2.10. The predicted molar refractivity (Wildman–Crippen MR) is 84.6 cm³/mol. The van der Waals surface area contributed by atoms with Crippen molar-refractivity contribution < 1.29 is 4.74 Å². The van der Waals surface area contributed by atoms with Gasteiger partial charge in [-0.1, -0.05) is 5.21 Å². The molecule has 3 aromatic rings. The molecule has 1 atom stereocenters. The highest BCUT2D eigenvalue weighted by Crippen LogP contribution is 2.24. The predicted octanol–water partition coefficient (Wildman–Crippen LogP) is 0.824. The minimum atomic E-state index is 0.0888. The van der Waals surface area contributed by atoms with E-state index in [4.69, 9.17) is 4.74 Å². The molecule has 0 radical (unpaired) electrons. The summed E-state index contributed by atoms with van der Waals surface area (Å²) in [6, 6.07) is 0. The van der Waals surface area contributed by atoms with Gasteiger partial charge in [0.25, 0.3) is 0 Å². The van der Waals surface area contributed by atoms with Crippen LogP contribution in [0.2, 0.25) is 0 Å². The van der Waals surface area contributed by atoms with E-state index < -0.39 is 0 Å². The highest BCUT2D eigenvalue weighted by molar-refractivity contribution is 7.09. The van der Waals surface area contributed by atoms with Gasteiger partial charge < -0.3 is 10.1 Å². The van der Waals surface area contributed by atoms with Crippen molar-refractivity contribution in [1.82, 2.24) is 35.1 Å². The Morgan fingerprint density at radius 1 is 1.48 bits per heavy atom. The first-order valence-electron chi connectivity index (χ1n) is 7.41. The van der Waals surface area contributed by atoms with Crippen molar-refractivity contribution in [3.8, 4) is 11.3 Å². The molecule has 4 heterocycles. The number of nitrogens with one attached hydrogen (secondary N) is 1. The standard InChI is InChI=1S/C14H17N7OS/c1-20-7-10(4-17-20)14-12-9-22-11(8-21(12)19-18-14)5-15-6-13-16-2-3-23-13/h2-4,7,11,15H,5-6,8-9H2,1H3/t11-/m0/s1. The van der Waals surface area contributed by atoms with Crippen LogP contribution in [-0.4, -0.2) is 42.4 Å². The van der Waals surface area contributed by atoms with Gasteiger partial charge in [-0.3, -0.25) is 4.68 Å². The van der Waals surface area contributed by atoms with Gasteiger partial charge in [-0.2, -0.15) is 5.10 Å². The number of hydrogen-bond donors (Lipinski definition) is 1. The molecule has 0 unspecified atom stereocenters. The Kier molecular flexibility index (Phi) is 3.90. The lowest BCUT2D eigenvalue weighted by molar-refractivity contribution is 0.00125. The lowest BCUT2D eigenvalue weighted by atomic mass is 10.2. The zero-order chi connectivity index (χ0) is 15.6. The first-order chi connectivity index (χ1) is 11.3. The lowest BCUT2D eigenvalue weighted by Gasteiger charge is -2.24. The molecule has 1 aliphatic rings. The van der Waals surface area contributed by atoms with Crippen molar-refractivity contribution in [3.63, 3.8) is 0 Å². The molecule has 1 aliphatic heterocycles. The van der Waals surface area contributed by atoms with E-state index in [9.17, 15) is 0 Å². The van der Waals surface area contributed by atoms with Crippen LogP contribution in [0.3, 0.4) is 0 Å². The van der Waals surface area contributed by atoms with E-state index >= 15 is 0 Å². The molecule has 0 aliphatic carbocycles. The van der Waals surface area contributed by atoms with Crippen LogP contribution in [0.5, 0.6) is 0 Å². The van der Waals surface area contributed by atoms with Crippen molar-refractivity contribution in [3.05, 3.63) is 34.7 Å². The van der Waals surface area contributed by atoms with Gasteiger partial charge in [0.05, 0.1) is 31.1 Å². The Morgan fingerprint density at radius 3 is 3.22 bits per heavy atom. The van der Waals surface area contributed by atoms with Crippen molar-refractivity contribution in [1.29, 1.82) is 0 Å². The lowest BCUT2D eigenvalue weighted by Crippen LogP contribution is -2.36. The summed E-state index contributed by atoms with van der Waals surface area (Å²) in [4.78, 5) is 4.25. The van der Waals surface area contributed by atoms with E-state index in [2.05, 4.69) is 25.7 Å². The molecule has 0 spiro atoms. The van der Waals surface area contributed by atoms with Crippen LogP contribution in [0.15, 0.2) is 24.0 Å². The third-order valence-corrected chi connectivity index (χ3v) is 4.56. The van der Waals surface area contributed by atoms with Gasteiger partial charge in [-0.25, -0.2) is 9.67 Å². The SMILES string of the molecule is Cn1cc(-c2nnn3c2CO[C@@H](CNCc2nccs2)C3)cn1. The molecule has 120 valence electrons. The van der Waals surface area contributed by atoms with Crippen molar-refractivity contribution in [2.24, 2.45) is 7.05 Å². The summed E-state index contributed by atoms with van der Waals surface area (Å²) >= 11 is 1.65. The Morgan fingerprint density at radius 2 is 2.43 bits per heavy atom. The number of ether oxygens (including phenoxy) is 1. The molecule has 0 aromatic carbocycles. The molecular weight excluding hydrogens is 314 g/mol. The Bertz CT molecular complexity index is 779. The van der Waals surface area contributed by atoms with E-state index in [0.29, 0.717) is 13.2 Å². The molecule has 9 heteroatoms. The molecule has 1 N–H and O–H groups in total. The maximum Gasteiger partial charge on any atom is 0.121 e. The molecule has 0 fully saturated rings. The highest BCUT2D eigenvalue weighted by atomic mass is 32.1. The zero-order valence-corrected chi connectivity index (χ0v) is 13.5. The summed E-state index contributed by atoms with van der Waals surface area (Å²) in [5.41, 5.74) is 2.83. The van der Waals surface area contributed by atoms with Crippen LogP contribution in [0.25, 0.3) is 11.3 Å². The van der Waals surface area contributed by atoms with E-state index in [1.807, 2.05) is 29.5 Å². The van der Waals surface area contributed by atoms with Crippen LogP contribution < -0.4 is 5.32 Å². The third kappa shape index (κ3) is 3.03. The van der Waals surface area contributed by atoms with E-state index in [1.54, 1.807) is 22.2 Å². The average molecular weight is 331 g/mol. The van der Waals surface area contributed by atoms with Crippen LogP contribution in [0.1, 0.15) is 10.7 Å². The van der Waals surface area contributed by atoms with E-state index in [-0.39, 0.29) is 6.10 Å². The van der Waals surface area contributed by atoms with Crippen molar-refractivity contribution in [2.45, 2.75) is 25.8 Å². The quantitative estimate of drug-likeness (QED) is 0.745. The number of nitrogens with zero attached hydrogens (tertiary/aromatic N) is 6. The monoisotopic (exact) mass is 331 g/mol. The minimum Gasteiger partial charge on any atom is -0.369 e. The van der Waals surface area contributed by atoms with Gasteiger partial charge in [0.15, 0.2) is 0 Å². The first kappa shape index (κ1) is 14.5. The average Bonchev–Trinajstić information content (AvgIpc) is 3.27. The number of aromatic nitrogens is 6. The topological polar surface area (TPSA) is 82.7 Å². The molecule has 3 aromatic heterocycles. The summed E-state index contributed by atoms with van der Waals surface area (Å²) in [6.07, 6.45) is 5.64. The minimum absolute atomic E-state index is 0.0888.